The summed E-state index contributed by atoms with van der Waals surface area (Å²) < 4.78 is 18.8. The number of amides is 1. The van der Waals surface area contributed by atoms with Crippen LogP contribution in [0.2, 0.25) is 0 Å². The summed E-state index contributed by atoms with van der Waals surface area (Å²) in [6.45, 7) is 0.802. The van der Waals surface area contributed by atoms with Gasteiger partial charge in [-0.3, -0.25) is 4.79 Å². The third-order valence-electron chi connectivity index (χ3n) is 4.81. The molecule has 0 N–H and O–H groups in total. The Morgan fingerprint density at radius 3 is 2.41 bits per heavy atom. The lowest BCUT2D eigenvalue weighted by atomic mass is 10.1. The van der Waals surface area contributed by atoms with Crippen LogP contribution in [0.1, 0.15) is 21.6 Å². The molecule has 0 unspecified atom stereocenters. The summed E-state index contributed by atoms with van der Waals surface area (Å²) in [7, 11) is 4.57. The number of methoxy groups -OCH3 is 3. The molecule has 0 saturated carbocycles. The Labute approximate surface area is 176 Å². The maximum atomic E-state index is 13.4. The van der Waals surface area contributed by atoms with Crippen molar-refractivity contribution in [2.24, 2.45) is 0 Å². The fourth-order valence-electron chi connectivity index (χ4n) is 3.42. The van der Waals surface area contributed by atoms with E-state index in [1.165, 1.54) is 21.3 Å². The second-order valence-corrected chi connectivity index (χ2v) is 7.40. The predicted octanol–water partition coefficient (Wildman–Crippen LogP) is 3.21. The van der Waals surface area contributed by atoms with E-state index in [2.05, 4.69) is 26.2 Å². The van der Waals surface area contributed by atoms with Gasteiger partial charge in [-0.25, -0.2) is 4.68 Å². The molecule has 9 heteroatoms. The average molecular weight is 459 g/mol. The highest BCUT2D eigenvalue weighted by Crippen LogP contribution is 2.39. The Kier molecular flexibility index (Phi) is 5.14. The monoisotopic (exact) mass is 458 g/mol. The highest BCUT2D eigenvalue weighted by molar-refractivity contribution is 9.10. The number of hydrogen-bond acceptors (Lipinski definition) is 6. The molecule has 0 bridgehead atoms. The Hall–Kier alpha value is -3.07. The van der Waals surface area contributed by atoms with Gasteiger partial charge in [-0.1, -0.05) is 27.2 Å². The molecule has 0 spiro atoms. The van der Waals surface area contributed by atoms with Gasteiger partial charge in [-0.05, 0) is 29.8 Å². The normalized spacial score (nSPS) is 12.6. The first kappa shape index (κ1) is 19.3. The number of halogens is 1. The lowest BCUT2D eigenvalue weighted by molar-refractivity contribution is 0.0729. The summed E-state index contributed by atoms with van der Waals surface area (Å²) in [6.07, 6.45) is 1.67. The number of hydrogen-bond donors (Lipinski definition) is 0. The number of fused-ring (bicyclic) bond motifs is 3. The van der Waals surface area contributed by atoms with Crippen molar-refractivity contribution in [2.45, 2.75) is 13.1 Å². The van der Waals surface area contributed by atoms with Crippen LogP contribution in [0.25, 0.3) is 5.69 Å². The minimum atomic E-state index is -0.159. The van der Waals surface area contributed by atoms with E-state index in [9.17, 15) is 4.79 Å². The standard InChI is InChI=1S/C20H19BrN4O4/c1-27-17-6-13(7-18(28-2)19(17)29-3)20(26)24-10-12-4-5-14(21)8-16(12)25-15(11-24)9-22-23-25/h4-9H,10-11H2,1-3H3. The van der Waals surface area contributed by atoms with Crippen molar-refractivity contribution in [1.29, 1.82) is 0 Å². The van der Waals surface area contributed by atoms with Crippen molar-refractivity contribution < 1.29 is 19.0 Å². The van der Waals surface area contributed by atoms with E-state index in [4.69, 9.17) is 14.2 Å². The molecule has 29 heavy (non-hydrogen) atoms. The number of benzene rings is 2. The molecule has 0 fully saturated rings. The Bertz CT molecular complexity index is 1060. The summed E-state index contributed by atoms with van der Waals surface area (Å²) in [4.78, 5) is 15.2. The summed E-state index contributed by atoms with van der Waals surface area (Å²) in [5.74, 6) is 1.15. The van der Waals surface area contributed by atoms with Crippen LogP contribution < -0.4 is 14.2 Å². The highest BCUT2D eigenvalue weighted by atomic mass is 79.9. The van der Waals surface area contributed by atoms with E-state index in [-0.39, 0.29) is 5.91 Å². The number of ether oxygens (including phenoxy) is 3. The van der Waals surface area contributed by atoms with E-state index in [1.54, 1.807) is 27.9 Å². The molecule has 0 radical (unpaired) electrons. The maximum absolute atomic E-state index is 13.4. The number of nitrogens with zero attached hydrogens (tertiary/aromatic N) is 4. The first-order chi connectivity index (χ1) is 14.0. The topological polar surface area (TPSA) is 78.7 Å². The van der Waals surface area contributed by atoms with Crippen molar-refractivity contribution in [3.63, 3.8) is 0 Å². The third kappa shape index (κ3) is 3.42. The van der Waals surface area contributed by atoms with Gasteiger partial charge in [0.05, 0.1) is 45.5 Å². The van der Waals surface area contributed by atoms with E-state index in [0.717, 1.165) is 21.4 Å². The quantitative estimate of drug-likeness (QED) is 0.597. The highest BCUT2D eigenvalue weighted by Gasteiger charge is 2.26. The van der Waals surface area contributed by atoms with Gasteiger partial charge < -0.3 is 19.1 Å². The smallest absolute Gasteiger partial charge is 0.254 e. The Morgan fingerprint density at radius 1 is 1.03 bits per heavy atom. The van der Waals surface area contributed by atoms with Crippen LogP contribution in [-0.2, 0) is 13.1 Å². The van der Waals surface area contributed by atoms with Crippen molar-refractivity contribution in [2.75, 3.05) is 21.3 Å². The van der Waals surface area contributed by atoms with Gasteiger partial charge >= 0.3 is 0 Å². The zero-order chi connectivity index (χ0) is 20.5. The molecule has 0 aliphatic carbocycles. The number of carbonyl (C=O) groups is 1. The van der Waals surface area contributed by atoms with Crippen LogP contribution in [0.5, 0.6) is 17.2 Å². The van der Waals surface area contributed by atoms with Crippen LogP contribution >= 0.6 is 15.9 Å². The Morgan fingerprint density at radius 2 is 1.76 bits per heavy atom. The van der Waals surface area contributed by atoms with Crippen molar-refractivity contribution in [3.05, 3.63) is 57.8 Å². The van der Waals surface area contributed by atoms with Crippen LogP contribution in [0.3, 0.4) is 0 Å². The molecule has 1 aliphatic heterocycles. The number of rotatable bonds is 4. The summed E-state index contributed by atoms with van der Waals surface area (Å²) in [5.41, 5.74) is 3.13. The molecule has 0 saturated heterocycles. The largest absolute Gasteiger partial charge is 0.493 e. The summed E-state index contributed by atoms with van der Waals surface area (Å²) in [6, 6.07) is 9.22. The molecule has 8 nitrogen and oxygen atoms in total. The second-order valence-electron chi connectivity index (χ2n) is 6.49. The number of aromatic nitrogens is 3. The average Bonchev–Trinajstić information content (AvgIpc) is 3.14. The SMILES string of the molecule is COc1cc(C(=O)N2Cc3ccc(Br)cc3-n3nncc3C2)cc(OC)c1OC. The predicted molar refractivity (Wildman–Crippen MR) is 109 cm³/mol. The molecule has 1 aliphatic rings. The summed E-state index contributed by atoms with van der Waals surface area (Å²) in [5, 5.41) is 8.22. The second kappa shape index (κ2) is 7.75. The molecule has 4 rings (SSSR count). The zero-order valence-corrected chi connectivity index (χ0v) is 17.8. The fraction of sp³-hybridized carbons (Fsp3) is 0.250. The Balaban J connectivity index is 1.76. The zero-order valence-electron chi connectivity index (χ0n) is 16.2. The number of carbonyl (C=O) groups excluding carboxylic acids is 1. The van der Waals surface area contributed by atoms with E-state index < -0.39 is 0 Å². The van der Waals surface area contributed by atoms with Crippen molar-refractivity contribution >= 4 is 21.8 Å². The van der Waals surface area contributed by atoms with Gasteiger partial charge in [0, 0.05) is 16.6 Å². The first-order valence-electron chi connectivity index (χ1n) is 8.83. The molecule has 3 aromatic rings. The molecule has 2 aromatic carbocycles. The summed E-state index contributed by atoms with van der Waals surface area (Å²) >= 11 is 3.50. The van der Waals surface area contributed by atoms with Crippen LogP contribution in [0.4, 0.5) is 0 Å². The molecule has 0 atom stereocenters. The van der Waals surface area contributed by atoms with Crippen molar-refractivity contribution in [1.82, 2.24) is 19.9 Å². The lowest BCUT2D eigenvalue weighted by Crippen LogP contribution is -2.29. The molecule has 1 amide bonds. The van der Waals surface area contributed by atoms with Crippen molar-refractivity contribution in [3.8, 4) is 22.9 Å². The molecular weight excluding hydrogens is 440 g/mol. The van der Waals surface area contributed by atoms with Crippen LogP contribution in [0, 0.1) is 0 Å². The van der Waals surface area contributed by atoms with Gasteiger partial charge in [0.2, 0.25) is 5.75 Å². The third-order valence-corrected chi connectivity index (χ3v) is 5.30. The molecule has 150 valence electrons. The lowest BCUT2D eigenvalue weighted by Gasteiger charge is -2.22. The van der Waals surface area contributed by atoms with Gasteiger partial charge in [0.15, 0.2) is 11.5 Å². The maximum Gasteiger partial charge on any atom is 0.254 e. The minimum Gasteiger partial charge on any atom is -0.493 e. The van der Waals surface area contributed by atoms with Crippen LogP contribution in [-0.4, -0.2) is 47.1 Å². The van der Waals surface area contributed by atoms with Gasteiger partial charge in [0.25, 0.3) is 5.91 Å². The van der Waals surface area contributed by atoms with Gasteiger partial charge in [0.1, 0.15) is 0 Å². The van der Waals surface area contributed by atoms with Crippen LogP contribution in [0.15, 0.2) is 41.0 Å². The van der Waals surface area contributed by atoms with Gasteiger partial charge in [-0.2, -0.15) is 0 Å². The minimum absolute atomic E-state index is 0.159. The van der Waals surface area contributed by atoms with E-state index >= 15 is 0 Å². The van der Waals surface area contributed by atoms with Gasteiger partial charge in [-0.15, -0.1) is 5.10 Å². The fourth-order valence-corrected chi connectivity index (χ4v) is 3.77. The molecular formula is C20H19BrN4O4. The van der Waals surface area contributed by atoms with E-state index in [1.807, 2.05) is 18.2 Å². The molecule has 1 aromatic heterocycles. The first-order valence-corrected chi connectivity index (χ1v) is 9.62. The molecule has 2 heterocycles. The van der Waals surface area contributed by atoms with E-state index in [0.29, 0.717) is 35.9 Å².